The van der Waals surface area contributed by atoms with Gasteiger partial charge in [-0.2, -0.15) is 13.2 Å². The molecule has 2 amide bonds. The van der Waals surface area contributed by atoms with Crippen LogP contribution in [0.1, 0.15) is 36.4 Å². The van der Waals surface area contributed by atoms with Crippen molar-refractivity contribution in [3.05, 3.63) is 52.8 Å². The van der Waals surface area contributed by atoms with Crippen molar-refractivity contribution in [1.82, 2.24) is 20.0 Å². The second-order valence-electron chi connectivity index (χ2n) is 6.65. The Hall–Kier alpha value is -2.77. The molecule has 2 aromatic heterocycles. The van der Waals surface area contributed by atoms with Gasteiger partial charge >= 0.3 is 12.3 Å². The number of nitrogens with one attached hydrogen (secondary N) is 2. The topological polar surface area (TPSA) is 58.4 Å². The average Bonchev–Trinajstić information content (AvgIpc) is 3.19. The molecule has 0 aromatic carbocycles. The van der Waals surface area contributed by atoms with E-state index < -0.39 is 12.3 Å². The molecule has 0 unspecified atom stereocenters. The van der Waals surface area contributed by atoms with E-state index in [0.29, 0.717) is 18.0 Å². The highest BCUT2D eigenvalue weighted by Crippen LogP contribution is 2.42. The molecule has 2 aliphatic carbocycles. The van der Waals surface area contributed by atoms with E-state index in [1.54, 1.807) is 18.3 Å². The smallest absolute Gasteiger partial charge is 0.311 e. The number of halogens is 3. The van der Waals surface area contributed by atoms with Gasteiger partial charge in [0, 0.05) is 17.8 Å². The number of carbonyl (C=O) groups is 1. The van der Waals surface area contributed by atoms with E-state index in [9.17, 15) is 18.0 Å². The van der Waals surface area contributed by atoms with E-state index in [1.807, 2.05) is 6.08 Å². The van der Waals surface area contributed by atoms with Crippen LogP contribution in [0.15, 0.2) is 36.2 Å². The van der Waals surface area contributed by atoms with E-state index in [0.717, 1.165) is 34.7 Å². The maximum Gasteiger partial charge on any atom is 0.485 e. The van der Waals surface area contributed by atoms with Crippen LogP contribution in [0.3, 0.4) is 0 Å². The van der Waals surface area contributed by atoms with Gasteiger partial charge in [-0.1, -0.05) is 12.2 Å². The van der Waals surface area contributed by atoms with Crippen molar-refractivity contribution >= 4 is 17.3 Å². The third-order valence-corrected chi connectivity index (χ3v) is 4.58. The number of hydrogen-bond donors (Lipinski definition) is 2. The minimum Gasteiger partial charge on any atom is -0.311 e. The zero-order valence-corrected chi connectivity index (χ0v) is 14.0. The van der Waals surface area contributed by atoms with Crippen LogP contribution in [-0.4, -0.2) is 21.7 Å². The molecule has 0 radical (unpaired) electrons. The molecule has 2 N–H and O–H groups in total. The van der Waals surface area contributed by atoms with Crippen LogP contribution in [0.4, 0.5) is 18.0 Å². The number of hydrogen-bond acceptors (Lipinski definition) is 2. The molecule has 8 heteroatoms. The summed E-state index contributed by atoms with van der Waals surface area (Å²) in [7, 11) is 0. The zero-order valence-electron chi connectivity index (χ0n) is 14.0. The van der Waals surface area contributed by atoms with Crippen LogP contribution in [0.2, 0.25) is 0 Å². The number of alkyl halides is 3. The van der Waals surface area contributed by atoms with Crippen molar-refractivity contribution in [3.63, 3.8) is 0 Å². The highest BCUT2D eigenvalue weighted by atomic mass is 19.4. The van der Waals surface area contributed by atoms with E-state index in [-0.39, 0.29) is 0 Å². The summed E-state index contributed by atoms with van der Waals surface area (Å²) < 4.78 is 38.9. The van der Waals surface area contributed by atoms with Gasteiger partial charge < -0.3 is 5.32 Å². The van der Waals surface area contributed by atoms with Crippen LogP contribution in [-0.2, 0) is 0 Å². The number of rotatable bonds is 2. The Bertz CT molecular complexity index is 996. The van der Waals surface area contributed by atoms with Crippen LogP contribution in [0.25, 0.3) is 11.2 Å². The lowest BCUT2D eigenvalue weighted by Crippen LogP contribution is -2.43. The lowest BCUT2D eigenvalue weighted by molar-refractivity contribution is -0.145. The second kappa shape index (κ2) is 5.89. The summed E-state index contributed by atoms with van der Waals surface area (Å²) in [6.07, 6.45) is 4.87. The Morgan fingerprint density at radius 1 is 1.35 bits per heavy atom. The van der Waals surface area contributed by atoms with Gasteiger partial charge in [-0.3, -0.25) is 4.40 Å². The largest absolute Gasteiger partial charge is 0.485 e. The van der Waals surface area contributed by atoms with Crippen molar-refractivity contribution in [3.8, 4) is 0 Å². The van der Waals surface area contributed by atoms with Crippen molar-refractivity contribution in [1.29, 1.82) is 0 Å². The highest BCUT2D eigenvalue weighted by molar-refractivity contribution is 5.77. The first-order valence-corrected chi connectivity index (χ1v) is 8.35. The standard InChI is InChI=1S/C18H17F3N4O/c1-10-7-15-22-9-14(25(15)16(10)11-5-6-11)12-3-2-4-13(8-12)23-17(26)24-18(19,20)21/h2-4,7,9,11H,5-6,8H2,1H3,(H2,23,24,26). The number of fused-ring (bicyclic) bond motifs is 1. The Labute approximate surface area is 147 Å². The first-order valence-electron chi connectivity index (χ1n) is 8.35. The molecular formula is C18H17F3N4O. The van der Waals surface area contributed by atoms with E-state index >= 15 is 0 Å². The Morgan fingerprint density at radius 3 is 2.81 bits per heavy atom. The first kappa shape index (κ1) is 16.7. The highest BCUT2D eigenvalue weighted by Gasteiger charge is 2.31. The number of aryl methyl sites for hydroxylation is 1. The maximum atomic E-state index is 12.2. The molecule has 0 atom stereocenters. The first-order chi connectivity index (χ1) is 12.3. The molecular weight excluding hydrogens is 345 g/mol. The number of imidazole rings is 1. The number of allylic oxidation sites excluding steroid dienone is 4. The molecule has 5 nitrogen and oxygen atoms in total. The van der Waals surface area contributed by atoms with Crippen LogP contribution in [0.5, 0.6) is 0 Å². The van der Waals surface area contributed by atoms with Gasteiger partial charge in [0.2, 0.25) is 0 Å². The summed E-state index contributed by atoms with van der Waals surface area (Å²) in [5, 5.41) is 4.11. The van der Waals surface area contributed by atoms with Gasteiger partial charge in [0.05, 0.1) is 11.5 Å². The predicted molar refractivity (Wildman–Crippen MR) is 90.1 cm³/mol. The molecule has 2 heterocycles. The summed E-state index contributed by atoms with van der Waals surface area (Å²) in [4.78, 5) is 15.9. The minimum atomic E-state index is -4.76. The van der Waals surface area contributed by atoms with Crippen LogP contribution >= 0.6 is 0 Å². The van der Waals surface area contributed by atoms with Crippen LogP contribution in [0, 0.1) is 6.92 Å². The van der Waals surface area contributed by atoms with E-state index in [2.05, 4.69) is 27.7 Å². The molecule has 4 rings (SSSR count). The van der Waals surface area contributed by atoms with Gasteiger partial charge in [0.15, 0.2) is 0 Å². The molecule has 0 spiro atoms. The normalized spacial score (nSPS) is 19.6. The van der Waals surface area contributed by atoms with Gasteiger partial charge in [-0.15, -0.1) is 0 Å². The molecule has 2 aromatic rings. The molecule has 0 aliphatic heterocycles. The number of nitrogens with zero attached hydrogens (tertiary/aromatic N) is 2. The SMILES string of the molecule is Cc1cc2ncc(=C3C=CC=C(NC(=O)NC(F)(F)F)C3)n2c1C1CC1. The lowest BCUT2D eigenvalue weighted by Gasteiger charge is -2.15. The fourth-order valence-electron chi connectivity index (χ4n) is 3.42. The zero-order chi connectivity index (χ0) is 18.5. The Balaban J connectivity index is 1.65. The number of amides is 2. The minimum absolute atomic E-state index is 0.323. The molecule has 0 bridgehead atoms. The summed E-state index contributed by atoms with van der Waals surface area (Å²) in [5.74, 6) is 0.541. The molecule has 1 fully saturated rings. The Kier molecular flexibility index (Phi) is 3.78. The Morgan fingerprint density at radius 2 is 2.12 bits per heavy atom. The summed E-state index contributed by atoms with van der Waals surface area (Å²) in [6, 6.07) is 0.760. The van der Waals surface area contributed by atoms with Gasteiger partial charge in [0.1, 0.15) is 5.65 Å². The van der Waals surface area contributed by atoms with E-state index in [1.165, 1.54) is 11.3 Å². The van der Waals surface area contributed by atoms with Crippen molar-refractivity contribution in [2.45, 2.75) is 38.4 Å². The number of carbonyl (C=O) groups excluding carboxylic acids is 1. The number of urea groups is 1. The molecule has 136 valence electrons. The van der Waals surface area contributed by atoms with Crippen molar-refractivity contribution < 1.29 is 18.0 Å². The fourth-order valence-corrected chi connectivity index (χ4v) is 3.42. The third-order valence-electron chi connectivity index (χ3n) is 4.58. The maximum absolute atomic E-state index is 12.2. The molecule has 26 heavy (non-hydrogen) atoms. The van der Waals surface area contributed by atoms with Crippen molar-refractivity contribution in [2.75, 3.05) is 0 Å². The quantitative estimate of drug-likeness (QED) is 0.807. The average molecular weight is 362 g/mol. The monoisotopic (exact) mass is 362 g/mol. The molecule has 1 saturated carbocycles. The second-order valence-corrected chi connectivity index (χ2v) is 6.65. The third kappa shape index (κ3) is 3.18. The fraction of sp³-hybridized carbons (Fsp3) is 0.333. The van der Waals surface area contributed by atoms with Gasteiger partial charge in [0.25, 0.3) is 0 Å². The predicted octanol–water partition coefficient (Wildman–Crippen LogP) is 3.05. The number of aromatic nitrogens is 2. The summed E-state index contributed by atoms with van der Waals surface area (Å²) in [6.45, 7) is 2.07. The van der Waals surface area contributed by atoms with Crippen LogP contribution < -0.4 is 16.0 Å². The van der Waals surface area contributed by atoms with Gasteiger partial charge in [-0.25, -0.2) is 15.1 Å². The van der Waals surface area contributed by atoms with E-state index in [4.69, 9.17) is 0 Å². The van der Waals surface area contributed by atoms with Crippen molar-refractivity contribution in [2.24, 2.45) is 0 Å². The summed E-state index contributed by atoms with van der Waals surface area (Å²) in [5.41, 5.74) is 4.63. The molecule has 0 saturated heterocycles. The summed E-state index contributed by atoms with van der Waals surface area (Å²) >= 11 is 0. The van der Waals surface area contributed by atoms with Gasteiger partial charge in [-0.05, 0) is 49.0 Å². The lowest BCUT2D eigenvalue weighted by atomic mass is 10.0. The molecule has 2 aliphatic rings.